The van der Waals surface area contributed by atoms with Gasteiger partial charge in [0.05, 0.1) is 11.2 Å². The maximum absolute atomic E-state index is 12.9. The third-order valence-corrected chi connectivity index (χ3v) is 7.08. The van der Waals surface area contributed by atoms with Crippen LogP contribution in [0.25, 0.3) is 10.9 Å². The Morgan fingerprint density at radius 3 is 2.67 bits per heavy atom. The zero-order valence-corrected chi connectivity index (χ0v) is 14.7. The van der Waals surface area contributed by atoms with Gasteiger partial charge in [-0.25, -0.2) is 13.2 Å². The van der Waals surface area contributed by atoms with E-state index in [0.717, 1.165) is 16.9 Å². The highest BCUT2D eigenvalue weighted by Gasteiger charge is 2.27. The van der Waals surface area contributed by atoms with E-state index in [1.807, 2.05) is 6.92 Å². The lowest BCUT2D eigenvalue weighted by Crippen LogP contribution is -2.30. The zero-order valence-electron chi connectivity index (χ0n) is 13.1. The van der Waals surface area contributed by atoms with Gasteiger partial charge >= 0.3 is 5.97 Å². The number of rotatable bonds is 5. The number of benzene rings is 1. The van der Waals surface area contributed by atoms with E-state index in [0.29, 0.717) is 16.6 Å². The van der Waals surface area contributed by atoms with E-state index >= 15 is 0 Å². The molecule has 3 aromatic rings. The SMILES string of the molecule is CCN(c1ccc(C)c2cc(C(=O)O)[nH]c12)S(=O)(=O)c1cccs1. The van der Waals surface area contributed by atoms with Gasteiger partial charge in [0.2, 0.25) is 0 Å². The number of sulfonamides is 1. The second kappa shape index (κ2) is 5.95. The molecular weight excluding hydrogens is 348 g/mol. The molecule has 2 aromatic heterocycles. The fourth-order valence-electron chi connectivity index (χ4n) is 2.66. The second-order valence-electron chi connectivity index (χ2n) is 5.28. The number of anilines is 1. The van der Waals surface area contributed by atoms with Crippen LogP contribution in [-0.4, -0.2) is 31.0 Å². The number of aromatic nitrogens is 1. The molecule has 0 aliphatic heterocycles. The minimum absolute atomic E-state index is 0.0325. The molecule has 0 aliphatic carbocycles. The quantitative estimate of drug-likeness (QED) is 0.725. The van der Waals surface area contributed by atoms with E-state index in [1.54, 1.807) is 36.6 Å². The van der Waals surface area contributed by atoms with Crippen LogP contribution in [0.3, 0.4) is 0 Å². The van der Waals surface area contributed by atoms with Crippen LogP contribution in [0, 0.1) is 6.92 Å². The topological polar surface area (TPSA) is 90.5 Å². The molecule has 2 heterocycles. The second-order valence-corrected chi connectivity index (χ2v) is 8.32. The molecule has 0 spiro atoms. The fraction of sp³-hybridized carbons (Fsp3) is 0.188. The lowest BCUT2D eigenvalue weighted by Gasteiger charge is -2.23. The maximum Gasteiger partial charge on any atom is 0.352 e. The van der Waals surface area contributed by atoms with Crippen LogP contribution < -0.4 is 4.31 Å². The molecule has 0 radical (unpaired) electrons. The Hall–Kier alpha value is -2.32. The number of nitrogens with one attached hydrogen (secondary N) is 1. The Morgan fingerprint density at radius 2 is 2.08 bits per heavy atom. The van der Waals surface area contributed by atoms with Crippen molar-refractivity contribution >= 4 is 43.9 Å². The molecule has 0 aliphatic rings. The minimum Gasteiger partial charge on any atom is -0.477 e. The van der Waals surface area contributed by atoms with Gasteiger partial charge in [-0.15, -0.1) is 11.3 Å². The molecule has 0 unspecified atom stereocenters. The van der Waals surface area contributed by atoms with E-state index in [4.69, 9.17) is 0 Å². The number of aryl methyl sites for hydroxylation is 1. The summed E-state index contributed by atoms with van der Waals surface area (Å²) in [7, 11) is -3.69. The van der Waals surface area contributed by atoms with Gasteiger partial charge in [-0.1, -0.05) is 12.1 Å². The number of aromatic carboxylic acids is 1. The molecule has 24 heavy (non-hydrogen) atoms. The molecular formula is C16H16N2O4S2. The van der Waals surface area contributed by atoms with Gasteiger partial charge in [0.1, 0.15) is 9.90 Å². The van der Waals surface area contributed by atoms with E-state index in [2.05, 4.69) is 4.98 Å². The van der Waals surface area contributed by atoms with E-state index in [9.17, 15) is 18.3 Å². The Morgan fingerprint density at radius 1 is 1.33 bits per heavy atom. The molecule has 0 saturated heterocycles. The third-order valence-electron chi connectivity index (χ3n) is 3.82. The Bertz CT molecular complexity index is 1000. The van der Waals surface area contributed by atoms with E-state index in [-0.39, 0.29) is 16.4 Å². The average Bonchev–Trinajstić information content (AvgIpc) is 3.19. The number of carboxylic acid groups (broad SMARTS) is 1. The van der Waals surface area contributed by atoms with Gasteiger partial charge in [0.15, 0.2) is 0 Å². The third kappa shape index (κ3) is 2.57. The predicted molar refractivity (Wildman–Crippen MR) is 94.5 cm³/mol. The maximum atomic E-state index is 12.9. The van der Waals surface area contributed by atoms with Crippen molar-refractivity contribution in [3.63, 3.8) is 0 Å². The molecule has 2 N–H and O–H groups in total. The number of hydrogen-bond acceptors (Lipinski definition) is 4. The van der Waals surface area contributed by atoms with Gasteiger partial charge in [-0.3, -0.25) is 4.31 Å². The van der Waals surface area contributed by atoms with Crippen LogP contribution in [0.15, 0.2) is 39.9 Å². The first kappa shape index (κ1) is 16.5. The van der Waals surface area contributed by atoms with Gasteiger partial charge in [0, 0.05) is 11.9 Å². The van der Waals surface area contributed by atoms with Crippen LogP contribution in [0.4, 0.5) is 5.69 Å². The highest BCUT2D eigenvalue weighted by molar-refractivity contribution is 7.94. The lowest BCUT2D eigenvalue weighted by molar-refractivity contribution is 0.0691. The van der Waals surface area contributed by atoms with Crippen LogP contribution in [0.1, 0.15) is 23.0 Å². The highest BCUT2D eigenvalue weighted by atomic mass is 32.2. The van der Waals surface area contributed by atoms with E-state index < -0.39 is 16.0 Å². The summed E-state index contributed by atoms with van der Waals surface area (Å²) in [5.74, 6) is -1.08. The number of aromatic amines is 1. The minimum atomic E-state index is -3.69. The first-order valence-electron chi connectivity index (χ1n) is 7.28. The van der Waals surface area contributed by atoms with Crippen molar-refractivity contribution in [3.05, 3.63) is 47.0 Å². The van der Waals surface area contributed by atoms with Gasteiger partial charge < -0.3 is 10.1 Å². The van der Waals surface area contributed by atoms with Crippen molar-refractivity contribution in [3.8, 4) is 0 Å². The summed E-state index contributed by atoms with van der Waals surface area (Å²) in [6, 6.07) is 8.28. The van der Waals surface area contributed by atoms with Crippen molar-refractivity contribution in [1.82, 2.24) is 4.98 Å². The van der Waals surface area contributed by atoms with Crippen molar-refractivity contribution in [2.24, 2.45) is 0 Å². The number of hydrogen-bond donors (Lipinski definition) is 2. The summed E-state index contributed by atoms with van der Waals surface area (Å²) in [4.78, 5) is 14.1. The Labute approximate surface area is 143 Å². The Balaban J connectivity index is 2.24. The number of nitrogens with zero attached hydrogens (tertiary/aromatic N) is 1. The van der Waals surface area contributed by atoms with Crippen LogP contribution in [-0.2, 0) is 10.0 Å². The Kier molecular flexibility index (Phi) is 4.10. The highest BCUT2D eigenvalue weighted by Crippen LogP contribution is 2.33. The summed E-state index contributed by atoms with van der Waals surface area (Å²) >= 11 is 1.15. The molecule has 1 aromatic carbocycles. The molecule has 0 bridgehead atoms. The molecule has 0 amide bonds. The van der Waals surface area contributed by atoms with Crippen molar-refractivity contribution in [2.75, 3.05) is 10.8 Å². The normalized spacial score (nSPS) is 11.8. The molecule has 8 heteroatoms. The standard InChI is InChI=1S/C16H16N2O4S2/c1-3-18(24(21,22)14-5-4-8-23-14)13-7-6-10(2)11-9-12(16(19)20)17-15(11)13/h4-9,17H,3H2,1-2H3,(H,19,20). The molecule has 0 fully saturated rings. The smallest absolute Gasteiger partial charge is 0.352 e. The van der Waals surface area contributed by atoms with Crippen molar-refractivity contribution in [1.29, 1.82) is 0 Å². The molecule has 3 rings (SSSR count). The summed E-state index contributed by atoms with van der Waals surface area (Å²) in [5.41, 5.74) is 1.86. The van der Waals surface area contributed by atoms with E-state index in [1.165, 1.54) is 10.4 Å². The summed E-state index contributed by atoms with van der Waals surface area (Å²) in [6.07, 6.45) is 0. The molecule has 126 valence electrons. The van der Waals surface area contributed by atoms with Crippen molar-refractivity contribution < 1.29 is 18.3 Å². The number of thiophene rings is 1. The first-order valence-corrected chi connectivity index (χ1v) is 9.60. The van der Waals surface area contributed by atoms with Crippen molar-refractivity contribution in [2.45, 2.75) is 18.1 Å². The van der Waals surface area contributed by atoms with Gasteiger partial charge in [-0.2, -0.15) is 0 Å². The van der Waals surface area contributed by atoms with Gasteiger partial charge in [0.25, 0.3) is 10.0 Å². The first-order chi connectivity index (χ1) is 11.4. The number of fused-ring (bicyclic) bond motifs is 1. The number of H-pyrrole nitrogens is 1. The zero-order chi connectivity index (χ0) is 17.5. The van der Waals surface area contributed by atoms with Crippen LogP contribution >= 0.6 is 11.3 Å². The molecule has 6 nitrogen and oxygen atoms in total. The van der Waals surface area contributed by atoms with Crippen LogP contribution in [0.5, 0.6) is 0 Å². The summed E-state index contributed by atoms with van der Waals surface area (Å²) in [6.45, 7) is 3.84. The fourth-order valence-corrected chi connectivity index (χ4v) is 5.25. The number of carboxylic acids is 1. The monoisotopic (exact) mass is 364 g/mol. The number of carbonyl (C=O) groups is 1. The van der Waals surface area contributed by atoms with Gasteiger partial charge in [-0.05, 0) is 43.0 Å². The molecule has 0 atom stereocenters. The summed E-state index contributed by atoms with van der Waals surface area (Å²) < 4.78 is 27.3. The lowest BCUT2D eigenvalue weighted by atomic mass is 10.1. The average molecular weight is 364 g/mol. The van der Waals surface area contributed by atoms with Crippen LogP contribution in [0.2, 0.25) is 0 Å². The molecule has 0 saturated carbocycles. The summed E-state index contributed by atoms with van der Waals surface area (Å²) in [5, 5.41) is 11.6. The predicted octanol–water partition coefficient (Wildman–Crippen LogP) is 3.45. The largest absolute Gasteiger partial charge is 0.477 e.